The highest BCUT2D eigenvalue weighted by molar-refractivity contribution is 5.28. The summed E-state index contributed by atoms with van der Waals surface area (Å²) in [6.07, 6.45) is 5.40. The average molecular weight is 318 g/mol. The van der Waals surface area contributed by atoms with E-state index in [2.05, 4.69) is 13.2 Å². The molecule has 126 valence electrons. The SMILES string of the molecule is C=CCC1CC(C[C@@H](O)CC=C)OC(c2ccc(OC)cc2)O1. The lowest BCUT2D eigenvalue weighted by Crippen LogP contribution is -2.35. The second-order valence-electron chi connectivity index (χ2n) is 5.80. The first-order valence-electron chi connectivity index (χ1n) is 8.01. The van der Waals surface area contributed by atoms with Crippen molar-refractivity contribution in [3.05, 3.63) is 55.1 Å². The molecule has 23 heavy (non-hydrogen) atoms. The number of aliphatic hydroxyl groups excluding tert-OH is 1. The molecule has 1 aromatic carbocycles. The van der Waals surface area contributed by atoms with Crippen molar-refractivity contribution in [1.82, 2.24) is 0 Å². The maximum atomic E-state index is 10.0. The van der Waals surface area contributed by atoms with Gasteiger partial charge in [0.2, 0.25) is 0 Å². The third-order valence-corrected chi connectivity index (χ3v) is 3.95. The Hall–Kier alpha value is -1.62. The lowest BCUT2D eigenvalue weighted by molar-refractivity contribution is -0.251. The fourth-order valence-electron chi connectivity index (χ4n) is 2.79. The van der Waals surface area contributed by atoms with Crippen molar-refractivity contribution in [2.75, 3.05) is 7.11 Å². The van der Waals surface area contributed by atoms with Crippen LogP contribution in [0.25, 0.3) is 0 Å². The van der Waals surface area contributed by atoms with Crippen molar-refractivity contribution in [3.63, 3.8) is 0 Å². The van der Waals surface area contributed by atoms with E-state index in [1.165, 1.54) is 0 Å². The van der Waals surface area contributed by atoms with Crippen molar-refractivity contribution in [2.24, 2.45) is 0 Å². The molecular weight excluding hydrogens is 292 g/mol. The van der Waals surface area contributed by atoms with E-state index in [1.54, 1.807) is 13.2 Å². The molecule has 4 nitrogen and oxygen atoms in total. The Morgan fingerprint density at radius 2 is 1.91 bits per heavy atom. The molecule has 1 saturated heterocycles. The van der Waals surface area contributed by atoms with Crippen molar-refractivity contribution < 1.29 is 19.3 Å². The van der Waals surface area contributed by atoms with Gasteiger partial charge in [-0.3, -0.25) is 0 Å². The fraction of sp³-hybridized carbons (Fsp3) is 0.474. The molecule has 0 aromatic heterocycles. The Balaban J connectivity index is 2.07. The van der Waals surface area contributed by atoms with Gasteiger partial charge in [-0.25, -0.2) is 0 Å². The summed E-state index contributed by atoms with van der Waals surface area (Å²) in [4.78, 5) is 0. The summed E-state index contributed by atoms with van der Waals surface area (Å²) in [6, 6.07) is 7.66. The molecule has 4 heteroatoms. The molecule has 3 unspecified atom stereocenters. The molecule has 1 heterocycles. The smallest absolute Gasteiger partial charge is 0.184 e. The fourth-order valence-corrected chi connectivity index (χ4v) is 2.79. The van der Waals surface area contributed by atoms with Gasteiger partial charge in [-0.1, -0.05) is 24.3 Å². The molecule has 1 aromatic rings. The molecule has 0 saturated carbocycles. The standard InChI is InChI=1S/C19H26O4/c1-4-6-15(20)12-18-13-17(7-5-2)22-19(23-18)14-8-10-16(21-3)11-9-14/h4-5,8-11,15,17-20H,1-2,6-7,12-13H2,3H3/t15-,17?,18?,19?/m0/s1. The lowest BCUT2D eigenvalue weighted by Gasteiger charge is -2.36. The van der Waals surface area contributed by atoms with Crippen LogP contribution in [0.3, 0.4) is 0 Å². The first-order chi connectivity index (χ1) is 11.2. The number of aliphatic hydroxyl groups is 1. The summed E-state index contributed by atoms with van der Waals surface area (Å²) in [5, 5.41) is 10.0. The molecule has 1 aliphatic rings. The molecular formula is C19H26O4. The highest BCUT2D eigenvalue weighted by Gasteiger charge is 2.31. The van der Waals surface area contributed by atoms with Crippen molar-refractivity contribution in [2.45, 2.75) is 50.3 Å². The van der Waals surface area contributed by atoms with E-state index < -0.39 is 12.4 Å². The summed E-state index contributed by atoms with van der Waals surface area (Å²) in [7, 11) is 1.64. The van der Waals surface area contributed by atoms with E-state index in [-0.39, 0.29) is 12.2 Å². The quantitative estimate of drug-likeness (QED) is 0.741. The molecule has 0 spiro atoms. The van der Waals surface area contributed by atoms with Crippen molar-refractivity contribution in [1.29, 1.82) is 0 Å². The van der Waals surface area contributed by atoms with E-state index in [0.717, 1.165) is 24.2 Å². The van der Waals surface area contributed by atoms with Crippen LogP contribution in [0.15, 0.2) is 49.6 Å². The Labute approximate surface area is 138 Å². The molecule has 1 fully saturated rings. The lowest BCUT2D eigenvalue weighted by atomic mass is 10.00. The van der Waals surface area contributed by atoms with Gasteiger partial charge in [0, 0.05) is 18.4 Å². The van der Waals surface area contributed by atoms with Crippen LogP contribution < -0.4 is 4.74 Å². The zero-order valence-corrected chi connectivity index (χ0v) is 13.7. The molecule has 2 rings (SSSR count). The summed E-state index contributed by atoms with van der Waals surface area (Å²) in [6.45, 7) is 7.46. The molecule has 0 amide bonds. The van der Waals surface area contributed by atoms with Gasteiger partial charge in [0.1, 0.15) is 5.75 Å². The predicted molar refractivity (Wildman–Crippen MR) is 90.3 cm³/mol. The first-order valence-corrected chi connectivity index (χ1v) is 8.01. The van der Waals surface area contributed by atoms with Crippen LogP contribution in [0.4, 0.5) is 0 Å². The van der Waals surface area contributed by atoms with E-state index in [9.17, 15) is 5.11 Å². The number of hydrogen-bond acceptors (Lipinski definition) is 4. The van der Waals surface area contributed by atoms with Crippen LogP contribution >= 0.6 is 0 Å². The van der Waals surface area contributed by atoms with Crippen LogP contribution in [-0.4, -0.2) is 30.5 Å². The minimum atomic E-state index is -0.434. The van der Waals surface area contributed by atoms with E-state index >= 15 is 0 Å². The zero-order chi connectivity index (χ0) is 16.7. The summed E-state index contributed by atoms with van der Waals surface area (Å²) >= 11 is 0. The van der Waals surface area contributed by atoms with Gasteiger partial charge in [0.05, 0.1) is 25.4 Å². The Morgan fingerprint density at radius 1 is 1.22 bits per heavy atom. The second kappa shape index (κ2) is 8.87. The van der Waals surface area contributed by atoms with Crippen LogP contribution in [0, 0.1) is 0 Å². The van der Waals surface area contributed by atoms with Crippen LogP contribution in [0.5, 0.6) is 5.75 Å². The van der Waals surface area contributed by atoms with Gasteiger partial charge in [0.15, 0.2) is 6.29 Å². The van der Waals surface area contributed by atoms with E-state index in [4.69, 9.17) is 14.2 Å². The third-order valence-electron chi connectivity index (χ3n) is 3.95. The van der Waals surface area contributed by atoms with Gasteiger partial charge in [-0.05, 0) is 25.0 Å². The van der Waals surface area contributed by atoms with E-state index in [0.29, 0.717) is 12.8 Å². The molecule has 1 aliphatic heterocycles. The Kier molecular flexibility index (Phi) is 6.84. The normalized spacial score (nSPS) is 25.6. The van der Waals surface area contributed by atoms with Crippen LogP contribution in [0.1, 0.15) is 37.5 Å². The minimum absolute atomic E-state index is 0.0456. The van der Waals surface area contributed by atoms with Gasteiger partial charge in [-0.15, -0.1) is 13.2 Å². The second-order valence-corrected chi connectivity index (χ2v) is 5.80. The number of ether oxygens (including phenoxy) is 3. The summed E-state index contributed by atoms with van der Waals surface area (Å²) in [5.74, 6) is 0.796. The minimum Gasteiger partial charge on any atom is -0.497 e. The molecule has 0 aliphatic carbocycles. The molecule has 1 N–H and O–H groups in total. The average Bonchev–Trinajstić information content (AvgIpc) is 2.55. The maximum Gasteiger partial charge on any atom is 0.184 e. The summed E-state index contributed by atoms with van der Waals surface area (Å²) < 4.78 is 17.2. The monoisotopic (exact) mass is 318 g/mol. The van der Waals surface area contributed by atoms with Crippen molar-refractivity contribution in [3.8, 4) is 5.75 Å². The van der Waals surface area contributed by atoms with Crippen molar-refractivity contribution >= 4 is 0 Å². The molecule has 0 bridgehead atoms. The highest BCUT2D eigenvalue weighted by Crippen LogP contribution is 2.33. The molecule has 0 radical (unpaired) electrons. The Bertz CT molecular complexity index is 495. The number of benzene rings is 1. The van der Waals surface area contributed by atoms with Gasteiger partial charge < -0.3 is 19.3 Å². The van der Waals surface area contributed by atoms with Crippen LogP contribution in [0.2, 0.25) is 0 Å². The topological polar surface area (TPSA) is 47.9 Å². The summed E-state index contributed by atoms with van der Waals surface area (Å²) in [5.41, 5.74) is 0.947. The highest BCUT2D eigenvalue weighted by atomic mass is 16.7. The zero-order valence-electron chi connectivity index (χ0n) is 13.7. The molecule has 4 atom stereocenters. The predicted octanol–water partition coefficient (Wildman–Crippen LogP) is 3.77. The van der Waals surface area contributed by atoms with Gasteiger partial charge in [0.25, 0.3) is 0 Å². The Morgan fingerprint density at radius 3 is 2.52 bits per heavy atom. The van der Waals surface area contributed by atoms with Gasteiger partial charge >= 0.3 is 0 Å². The van der Waals surface area contributed by atoms with Gasteiger partial charge in [-0.2, -0.15) is 0 Å². The number of rotatable bonds is 8. The number of hydrogen-bond donors (Lipinski definition) is 1. The third kappa shape index (κ3) is 5.20. The first kappa shape index (κ1) is 17.7. The van der Waals surface area contributed by atoms with Crippen LogP contribution in [-0.2, 0) is 9.47 Å². The maximum absolute atomic E-state index is 10.0. The number of methoxy groups -OCH3 is 1. The largest absolute Gasteiger partial charge is 0.497 e. The van der Waals surface area contributed by atoms with E-state index in [1.807, 2.05) is 30.3 Å².